The third-order valence-corrected chi connectivity index (χ3v) is 5.38. The average molecular weight is 366 g/mol. The van der Waals surface area contributed by atoms with Crippen LogP contribution in [0.25, 0.3) is 22.0 Å². The molecule has 2 N–H and O–H groups in total. The van der Waals surface area contributed by atoms with Crippen molar-refractivity contribution in [2.75, 3.05) is 5.32 Å². The zero-order chi connectivity index (χ0) is 19.3. The van der Waals surface area contributed by atoms with Gasteiger partial charge in [0.1, 0.15) is 0 Å². The van der Waals surface area contributed by atoms with Gasteiger partial charge in [0.15, 0.2) is 0 Å². The SMILES string of the molecule is Cc1[nH]c2ccccc2c1C(=O)C(=O)Nc1ccc2c(c1)Cc1ccccc1-2. The molecule has 136 valence electrons. The molecular formula is C24H18N2O2. The molecule has 0 aliphatic heterocycles. The summed E-state index contributed by atoms with van der Waals surface area (Å²) < 4.78 is 0. The van der Waals surface area contributed by atoms with E-state index in [1.54, 1.807) is 0 Å². The number of carbonyl (C=O) groups is 2. The van der Waals surface area contributed by atoms with E-state index in [2.05, 4.69) is 22.4 Å². The number of carbonyl (C=O) groups excluding carboxylic acids is 2. The van der Waals surface area contributed by atoms with Gasteiger partial charge in [0, 0.05) is 22.3 Å². The molecule has 1 aliphatic carbocycles. The van der Waals surface area contributed by atoms with Gasteiger partial charge in [0.05, 0.1) is 5.56 Å². The summed E-state index contributed by atoms with van der Waals surface area (Å²) in [7, 11) is 0. The fourth-order valence-corrected chi connectivity index (χ4v) is 4.09. The smallest absolute Gasteiger partial charge is 0.296 e. The Labute approximate surface area is 162 Å². The number of fused-ring (bicyclic) bond motifs is 4. The number of H-pyrrole nitrogens is 1. The van der Waals surface area contributed by atoms with Gasteiger partial charge in [0.25, 0.3) is 11.7 Å². The van der Waals surface area contributed by atoms with E-state index in [-0.39, 0.29) is 0 Å². The maximum absolute atomic E-state index is 12.8. The van der Waals surface area contributed by atoms with E-state index in [1.807, 2.05) is 61.5 Å². The summed E-state index contributed by atoms with van der Waals surface area (Å²) in [5.41, 5.74) is 7.50. The van der Waals surface area contributed by atoms with Gasteiger partial charge in [-0.2, -0.15) is 0 Å². The van der Waals surface area contributed by atoms with E-state index in [0.29, 0.717) is 16.9 Å². The number of hydrogen-bond donors (Lipinski definition) is 2. The molecule has 5 rings (SSSR count). The molecule has 0 bridgehead atoms. The molecule has 0 radical (unpaired) electrons. The maximum Gasteiger partial charge on any atom is 0.296 e. The van der Waals surface area contributed by atoms with Gasteiger partial charge in [0.2, 0.25) is 0 Å². The Bertz CT molecular complexity index is 1270. The van der Waals surface area contributed by atoms with E-state index >= 15 is 0 Å². The Kier molecular flexibility index (Phi) is 3.66. The lowest BCUT2D eigenvalue weighted by molar-refractivity contribution is -0.112. The molecule has 0 saturated heterocycles. The molecule has 1 aliphatic rings. The van der Waals surface area contributed by atoms with Crippen LogP contribution in [-0.4, -0.2) is 16.7 Å². The minimum atomic E-state index is -0.622. The fourth-order valence-electron chi connectivity index (χ4n) is 4.09. The summed E-state index contributed by atoms with van der Waals surface area (Å²) in [6.45, 7) is 1.81. The van der Waals surface area contributed by atoms with E-state index in [9.17, 15) is 9.59 Å². The van der Waals surface area contributed by atoms with Crippen LogP contribution in [0.4, 0.5) is 5.69 Å². The fraction of sp³-hybridized carbons (Fsp3) is 0.0833. The number of Topliss-reactive ketones (excluding diaryl/α,β-unsaturated/α-hetero) is 1. The molecule has 0 fully saturated rings. The van der Waals surface area contributed by atoms with Crippen molar-refractivity contribution in [1.29, 1.82) is 0 Å². The molecule has 1 amide bonds. The van der Waals surface area contributed by atoms with Gasteiger partial charge in [-0.25, -0.2) is 0 Å². The highest BCUT2D eigenvalue weighted by molar-refractivity contribution is 6.48. The Morgan fingerprint density at radius 1 is 0.893 bits per heavy atom. The number of aromatic amines is 1. The summed E-state index contributed by atoms with van der Waals surface area (Å²) >= 11 is 0. The zero-order valence-corrected chi connectivity index (χ0v) is 15.4. The van der Waals surface area contributed by atoms with Crippen LogP contribution in [0.15, 0.2) is 66.7 Å². The Morgan fingerprint density at radius 2 is 1.64 bits per heavy atom. The highest BCUT2D eigenvalue weighted by Gasteiger charge is 2.24. The number of aryl methyl sites for hydroxylation is 1. The summed E-state index contributed by atoms with van der Waals surface area (Å²) in [6, 6.07) is 21.6. The van der Waals surface area contributed by atoms with Crippen LogP contribution >= 0.6 is 0 Å². The lowest BCUT2D eigenvalue weighted by atomic mass is 10.0. The first-order valence-corrected chi connectivity index (χ1v) is 9.26. The Balaban J connectivity index is 1.42. The minimum Gasteiger partial charge on any atom is -0.358 e. The lowest BCUT2D eigenvalue weighted by Crippen LogP contribution is -2.23. The molecule has 0 atom stereocenters. The highest BCUT2D eigenvalue weighted by atomic mass is 16.2. The second-order valence-corrected chi connectivity index (χ2v) is 7.16. The van der Waals surface area contributed by atoms with Crippen molar-refractivity contribution in [1.82, 2.24) is 4.98 Å². The topological polar surface area (TPSA) is 62.0 Å². The van der Waals surface area contributed by atoms with Crippen LogP contribution in [0, 0.1) is 6.92 Å². The number of rotatable bonds is 3. The van der Waals surface area contributed by atoms with Gasteiger partial charge in [-0.3, -0.25) is 9.59 Å². The van der Waals surface area contributed by atoms with Gasteiger partial charge in [-0.1, -0.05) is 48.5 Å². The number of para-hydroxylation sites is 1. The van der Waals surface area contributed by atoms with Crippen LogP contribution in [0.3, 0.4) is 0 Å². The molecular weight excluding hydrogens is 348 g/mol. The van der Waals surface area contributed by atoms with Gasteiger partial charge < -0.3 is 10.3 Å². The molecule has 0 unspecified atom stereocenters. The molecule has 1 heterocycles. The predicted molar refractivity (Wildman–Crippen MR) is 111 cm³/mol. The molecule has 0 saturated carbocycles. The first-order valence-electron chi connectivity index (χ1n) is 9.26. The third kappa shape index (κ3) is 2.54. The van der Waals surface area contributed by atoms with Crippen LogP contribution < -0.4 is 5.32 Å². The molecule has 4 nitrogen and oxygen atoms in total. The number of ketones is 1. The number of hydrogen-bond acceptors (Lipinski definition) is 2. The quantitative estimate of drug-likeness (QED) is 0.353. The number of nitrogens with one attached hydrogen (secondary N) is 2. The van der Waals surface area contributed by atoms with Crippen molar-refractivity contribution in [2.45, 2.75) is 13.3 Å². The van der Waals surface area contributed by atoms with E-state index in [4.69, 9.17) is 0 Å². The Morgan fingerprint density at radius 3 is 2.54 bits per heavy atom. The maximum atomic E-state index is 12.8. The molecule has 28 heavy (non-hydrogen) atoms. The van der Waals surface area contributed by atoms with Gasteiger partial charge in [-0.15, -0.1) is 0 Å². The normalized spacial score (nSPS) is 11.9. The summed E-state index contributed by atoms with van der Waals surface area (Å²) in [4.78, 5) is 28.6. The molecule has 3 aromatic carbocycles. The lowest BCUT2D eigenvalue weighted by Gasteiger charge is -2.07. The van der Waals surface area contributed by atoms with Crippen molar-refractivity contribution in [3.8, 4) is 11.1 Å². The predicted octanol–water partition coefficient (Wildman–Crippen LogP) is 4.87. The minimum absolute atomic E-state index is 0.432. The van der Waals surface area contributed by atoms with Crippen molar-refractivity contribution < 1.29 is 9.59 Å². The summed E-state index contributed by atoms with van der Waals surface area (Å²) in [5.74, 6) is -1.15. The van der Waals surface area contributed by atoms with Crippen molar-refractivity contribution in [3.05, 3.63) is 89.1 Å². The molecule has 1 aromatic heterocycles. The monoisotopic (exact) mass is 366 g/mol. The van der Waals surface area contributed by atoms with Gasteiger partial charge >= 0.3 is 0 Å². The molecule has 0 spiro atoms. The van der Waals surface area contributed by atoms with Crippen LogP contribution in [0.2, 0.25) is 0 Å². The number of amides is 1. The standard InChI is InChI=1S/C24H18N2O2/c1-14-22(20-8-4-5-9-21(20)25-14)23(27)24(28)26-17-10-11-19-16(13-17)12-15-6-2-3-7-18(15)19/h2-11,13,25H,12H2,1H3,(H,26,28). The second kappa shape index (κ2) is 6.20. The highest BCUT2D eigenvalue weighted by Crippen LogP contribution is 2.37. The Hall–Kier alpha value is -3.66. The second-order valence-electron chi connectivity index (χ2n) is 7.16. The number of benzene rings is 3. The van der Waals surface area contributed by atoms with E-state index in [1.165, 1.54) is 16.7 Å². The number of aromatic nitrogens is 1. The molecule has 4 aromatic rings. The molecule has 4 heteroatoms. The van der Waals surface area contributed by atoms with E-state index < -0.39 is 11.7 Å². The van der Waals surface area contributed by atoms with Crippen molar-refractivity contribution in [3.63, 3.8) is 0 Å². The van der Waals surface area contributed by atoms with Crippen molar-refractivity contribution in [2.24, 2.45) is 0 Å². The first kappa shape index (κ1) is 16.5. The average Bonchev–Trinajstić information content (AvgIpc) is 3.23. The number of anilines is 1. The van der Waals surface area contributed by atoms with Crippen molar-refractivity contribution >= 4 is 28.3 Å². The van der Waals surface area contributed by atoms with Crippen LogP contribution in [-0.2, 0) is 11.2 Å². The van der Waals surface area contributed by atoms with E-state index in [0.717, 1.165) is 22.9 Å². The van der Waals surface area contributed by atoms with Crippen LogP contribution in [0.1, 0.15) is 27.2 Å². The third-order valence-electron chi connectivity index (χ3n) is 5.38. The first-order chi connectivity index (χ1) is 13.6. The summed E-state index contributed by atoms with van der Waals surface area (Å²) in [6.07, 6.45) is 0.838. The zero-order valence-electron chi connectivity index (χ0n) is 15.4. The van der Waals surface area contributed by atoms with Crippen LogP contribution in [0.5, 0.6) is 0 Å². The largest absolute Gasteiger partial charge is 0.358 e. The van der Waals surface area contributed by atoms with Gasteiger partial charge in [-0.05, 0) is 53.8 Å². The summed E-state index contributed by atoms with van der Waals surface area (Å²) in [5, 5.41) is 3.54.